The molecule has 5 N–H and O–H groups in total. The van der Waals surface area contributed by atoms with Crippen LogP contribution in [0.3, 0.4) is 0 Å². The van der Waals surface area contributed by atoms with E-state index in [-0.39, 0.29) is 6.54 Å². The first-order valence-corrected chi connectivity index (χ1v) is 10.7. The van der Waals surface area contributed by atoms with Crippen molar-refractivity contribution in [3.05, 3.63) is 0 Å². The average Bonchev–Trinajstić information content (AvgIpc) is 2.61. The first-order chi connectivity index (χ1) is 11.9. The van der Waals surface area contributed by atoms with Crippen molar-refractivity contribution in [1.29, 1.82) is 0 Å². The molecule has 6 nitrogen and oxygen atoms in total. The van der Waals surface area contributed by atoms with Gasteiger partial charge < -0.3 is 25.5 Å². The maximum absolute atomic E-state index is 9.91. The summed E-state index contributed by atoms with van der Waals surface area (Å²) in [5, 5.41) is 47.3. The molecule has 0 aromatic rings. The summed E-state index contributed by atoms with van der Waals surface area (Å²) in [6, 6.07) is 0. The van der Waals surface area contributed by atoms with Gasteiger partial charge in [0.2, 0.25) is 0 Å². The van der Waals surface area contributed by atoms with Gasteiger partial charge in [0.1, 0.15) is 18.3 Å². The third-order valence-corrected chi connectivity index (χ3v) is 5.48. The zero-order chi connectivity index (χ0) is 19.1. The molecule has 0 saturated carbocycles. The summed E-state index contributed by atoms with van der Waals surface area (Å²) in [5.74, 6) is 1.81. The van der Waals surface area contributed by atoms with Crippen molar-refractivity contribution in [1.82, 2.24) is 4.90 Å². The summed E-state index contributed by atoms with van der Waals surface area (Å²) in [4.78, 5) is 1.88. The van der Waals surface area contributed by atoms with Crippen LogP contribution in [0.1, 0.15) is 58.3 Å². The molecule has 0 bridgehead atoms. The second-order valence-corrected chi connectivity index (χ2v) is 7.92. The smallest absolute Gasteiger partial charge is 0.111 e. The Balaban J connectivity index is 3.64. The van der Waals surface area contributed by atoms with Crippen molar-refractivity contribution in [2.75, 3.05) is 31.8 Å². The van der Waals surface area contributed by atoms with Crippen molar-refractivity contribution in [2.24, 2.45) is 0 Å². The number of hydrogen-bond acceptors (Lipinski definition) is 7. The lowest BCUT2D eigenvalue weighted by atomic mass is 10.0. The van der Waals surface area contributed by atoms with Crippen LogP contribution in [0.5, 0.6) is 0 Å². The summed E-state index contributed by atoms with van der Waals surface area (Å²) in [5.41, 5.74) is 0. The highest BCUT2D eigenvalue weighted by atomic mass is 32.2. The maximum Gasteiger partial charge on any atom is 0.111 e. The molecule has 4 unspecified atom stereocenters. The van der Waals surface area contributed by atoms with Gasteiger partial charge >= 0.3 is 0 Å². The predicted octanol–water partition coefficient (Wildman–Crippen LogP) is 1.19. The van der Waals surface area contributed by atoms with Crippen LogP contribution in [0.15, 0.2) is 0 Å². The fourth-order valence-corrected chi connectivity index (χ4v) is 3.56. The number of unbranched alkanes of at least 4 members (excludes halogenated alkanes) is 7. The third-order valence-electron chi connectivity index (χ3n) is 4.28. The monoisotopic (exact) mass is 381 g/mol. The lowest BCUT2D eigenvalue weighted by molar-refractivity contribution is -0.118. The molecule has 0 amide bonds. The van der Waals surface area contributed by atoms with Gasteiger partial charge in [0, 0.05) is 12.4 Å². The van der Waals surface area contributed by atoms with Crippen LogP contribution in [0.2, 0.25) is 0 Å². The van der Waals surface area contributed by atoms with E-state index in [1.807, 2.05) is 11.9 Å². The van der Waals surface area contributed by atoms with Crippen molar-refractivity contribution in [3.8, 4) is 0 Å². The van der Waals surface area contributed by atoms with Gasteiger partial charge in [-0.2, -0.15) is 0 Å². The van der Waals surface area contributed by atoms with Gasteiger partial charge in [-0.3, -0.25) is 4.90 Å². The van der Waals surface area contributed by atoms with Crippen LogP contribution >= 0.6 is 11.8 Å². The molecule has 4 atom stereocenters. The summed E-state index contributed by atoms with van der Waals surface area (Å²) in [7, 11) is 1.84. The van der Waals surface area contributed by atoms with Crippen molar-refractivity contribution < 1.29 is 25.5 Å². The molecule has 0 heterocycles. The summed E-state index contributed by atoms with van der Waals surface area (Å²) in [6.07, 6.45) is 4.75. The molecule has 0 aromatic heterocycles. The molecule has 0 spiro atoms. The molecule has 0 aliphatic carbocycles. The molecular weight excluding hydrogens is 342 g/mol. The number of hydrogen-bond donors (Lipinski definition) is 5. The van der Waals surface area contributed by atoms with Gasteiger partial charge in [-0.15, -0.1) is 11.8 Å². The Bertz CT molecular complexity index is 299. The molecule has 0 aliphatic heterocycles. The largest absolute Gasteiger partial charge is 0.394 e. The summed E-state index contributed by atoms with van der Waals surface area (Å²) in [6.45, 7) is 1.77. The number of thioether (sulfide) groups is 1. The topological polar surface area (TPSA) is 104 Å². The van der Waals surface area contributed by atoms with Crippen molar-refractivity contribution in [3.63, 3.8) is 0 Å². The molecule has 0 aromatic carbocycles. The standard InChI is InChI=1S/C18H39NO5S/c1-3-4-5-6-7-8-9-10-11-25-14-19(2)12-15(21)17(23)18(24)16(22)13-20/h15-18,20-24H,3-14H2,1-2H3. The molecule has 0 aliphatic rings. The minimum Gasteiger partial charge on any atom is -0.394 e. The van der Waals surface area contributed by atoms with Crippen LogP contribution in [0.25, 0.3) is 0 Å². The lowest BCUT2D eigenvalue weighted by Gasteiger charge is -2.28. The van der Waals surface area contributed by atoms with E-state index in [1.165, 1.54) is 51.4 Å². The van der Waals surface area contributed by atoms with Crippen molar-refractivity contribution in [2.45, 2.75) is 82.7 Å². The predicted molar refractivity (Wildman–Crippen MR) is 104 cm³/mol. The van der Waals surface area contributed by atoms with E-state index in [1.54, 1.807) is 11.8 Å². The van der Waals surface area contributed by atoms with E-state index in [9.17, 15) is 20.4 Å². The normalized spacial score (nSPS) is 16.8. The maximum atomic E-state index is 9.91. The van der Waals surface area contributed by atoms with Gasteiger partial charge in [-0.25, -0.2) is 0 Å². The first-order valence-electron chi connectivity index (χ1n) is 9.53. The van der Waals surface area contributed by atoms with Gasteiger partial charge in [0.25, 0.3) is 0 Å². The molecular formula is C18H39NO5S. The Morgan fingerprint density at radius 1 is 0.800 bits per heavy atom. The molecule has 0 fully saturated rings. The van der Waals surface area contributed by atoms with Gasteiger partial charge in [-0.1, -0.05) is 51.9 Å². The van der Waals surface area contributed by atoms with Gasteiger partial charge in [0.05, 0.1) is 12.7 Å². The van der Waals surface area contributed by atoms with Crippen LogP contribution < -0.4 is 0 Å². The zero-order valence-corrected chi connectivity index (χ0v) is 16.7. The van der Waals surface area contributed by atoms with E-state index >= 15 is 0 Å². The minimum absolute atomic E-state index is 0.195. The van der Waals surface area contributed by atoms with E-state index in [4.69, 9.17) is 5.11 Å². The number of aliphatic hydroxyl groups excluding tert-OH is 5. The lowest BCUT2D eigenvalue weighted by Crippen LogP contribution is -2.49. The van der Waals surface area contributed by atoms with Gasteiger partial charge in [0.15, 0.2) is 0 Å². The molecule has 25 heavy (non-hydrogen) atoms. The van der Waals surface area contributed by atoms with E-state index in [0.717, 1.165) is 11.6 Å². The number of nitrogens with zero attached hydrogens (tertiary/aromatic N) is 1. The number of rotatable bonds is 17. The summed E-state index contributed by atoms with van der Waals surface area (Å²) >= 11 is 1.79. The summed E-state index contributed by atoms with van der Waals surface area (Å²) < 4.78 is 0. The van der Waals surface area contributed by atoms with E-state index in [0.29, 0.717) is 0 Å². The Kier molecular flexibility index (Phi) is 16.4. The van der Waals surface area contributed by atoms with Crippen LogP contribution in [-0.2, 0) is 0 Å². The zero-order valence-electron chi connectivity index (χ0n) is 15.9. The first kappa shape index (κ1) is 25.1. The minimum atomic E-state index is -1.56. The molecule has 0 radical (unpaired) electrons. The highest BCUT2D eigenvalue weighted by Gasteiger charge is 2.30. The highest BCUT2D eigenvalue weighted by molar-refractivity contribution is 7.99. The Labute approximate surface area is 157 Å². The molecule has 7 heteroatoms. The van der Waals surface area contributed by atoms with E-state index in [2.05, 4.69) is 6.92 Å². The van der Waals surface area contributed by atoms with Crippen LogP contribution in [-0.4, -0.2) is 86.7 Å². The highest BCUT2D eigenvalue weighted by Crippen LogP contribution is 2.13. The fraction of sp³-hybridized carbons (Fsp3) is 1.00. The van der Waals surface area contributed by atoms with Crippen LogP contribution in [0, 0.1) is 0 Å². The van der Waals surface area contributed by atoms with Crippen LogP contribution in [0.4, 0.5) is 0 Å². The van der Waals surface area contributed by atoms with E-state index < -0.39 is 31.0 Å². The average molecular weight is 382 g/mol. The third kappa shape index (κ3) is 13.0. The Hall–Kier alpha value is 0.110. The Morgan fingerprint density at radius 3 is 1.88 bits per heavy atom. The second kappa shape index (κ2) is 16.3. The number of aliphatic hydroxyl groups is 5. The molecule has 152 valence electrons. The second-order valence-electron chi connectivity index (χ2n) is 6.85. The van der Waals surface area contributed by atoms with Gasteiger partial charge in [-0.05, 0) is 19.2 Å². The SMILES string of the molecule is CCCCCCCCCCSCN(C)CC(O)C(O)C(O)C(O)CO. The molecule has 0 rings (SSSR count). The Morgan fingerprint density at radius 2 is 1.32 bits per heavy atom. The number of likely N-dealkylation sites (N-methyl/N-ethyl adjacent to an activating group) is 1. The van der Waals surface area contributed by atoms with Crippen molar-refractivity contribution >= 4 is 11.8 Å². The fourth-order valence-electron chi connectivity index (χ4n) is 2.60. The molecule has 0 saturated heterocycles. The quantitative estimate of drug-likeness (QED) is 0.190.